The summed E-state index contributed by atoms with van der Waals surface area (Å²) in [5.74, 6) is -2.99. The monoisotopic (exact) mass is 574 g/mol. The summed E-state index contributed by atoms with van der Waals surface area (Å²) in [4.78, 5) is 46.2. The Hall–Kier alpha value is -3.49. The van der Waals surface area contributed by atoms with E-state index < -0.39 is 41.1 Å². The summed E-state index contributed by atoms with van der Waals surface area (Å²) in [6.45, 7) is 13.4. The average Bonchev–Trinajstić information content (AvgIpc) is 3.62. The Labute approximate surface area is 248 Å². The van der Waals surface area contributed by atoms with E-state index in [1.54, 1.807) is 15.9 Å². The van der Waals surface area contributed by atoms with Gasteiger partial charge in [0.25, 0.3) is 5.91 Å². The van der Waals surface area contributed by atoms with Gasteiger partial charge < -0.3 is 24.4 Å². The van der Waals surface area contributed by atoms with Gasteiger partial charge in [-0.1, -0.05) is 76.3 Å². The highest BCUT2D eigenvalue weighted by Crippen LogP contribution is 2.65. The summed E-state index contributed by atoms with van der Waals surface area (Å²) in [5.41, 5.74) is -1.45. The fourth-order valence-corrected chi connectivity index (χ4v) is 7.64. The van der Waals surface area contributed by atoms with Gasteiger partial charge in [-0.05, 0) is 48.1 Å². The number of anilines is 1. The van der Waals surface area contributed by atoms with Crippen LogP contribution >= 0.6 is 0 Å². The number of fused-ring (bicyclic) bond motifs is 2. The topological polar surface area (TPSA) is 96.4 Å². The number of hydrogen-bond donors (Lipinski definition) is 1. The van der Waals surface area contributed by atoms with Crippen LogP contribution in [-0.4, -0.2) is 70.8 Å². The fraction of sp³-hybridized carbons (Fsp3) is 0.500. The van der Waals surface area contributed by atoms with Crippen molar-refractivity contribution in [2.45, 2.75) is 69.7 Å². The first-order chi connectivity index (χ1) is 20.2. The molecule has 2 bridgehead atoms. The Kier molecular flexibility index (Phi) is 8.32. The van der Waals surface area contributed by atoms with E-state index >= 15 is 0 Å². The molecule has 7 atom stereocenters. The molecule has 42 heavy (non-hydrogen) atoms. The zero-order valence-electron chi connectivity index (χ0n) is 24.8. The van der Waals surface area contributed by atoms with Crippen molar-refractivity contribution in [1.82, 2.24) is 4.90 Å². The molecule has 0 radical (unpaired) electrons. The normalized spacial score (nSPS) is 29.3. The molecule has 3 saturated heterocycles. The van der Waals surface area contributed by atoms with Crippen molar-refractivity contribution >= 4 is 34.2 Å². The highest BCUT2D eigenvalue weighted by atomic mass is 16.6. The average molecular weight is 575 g/mol. The number of benzene rings is 2. The fourth-order valence-electron chi connectivity index (χ4n) is 7.64. The molecule has 0 aromatic heterocycles. The van der Waals surface area contributed by atoms with Crippen LogP contribution in [0.2, 0.25) is 0 Å². The molecule has 2 amide bonds. The maximum atomic E-state index is 14.9. The van der Waals surface area contributed by atoms with Crippen LogP contribution < -0.4 is 4.90 Å². The Morgan fingerprint density at radius 2 is 1.90 bits per heavy atom. The minimum atomic E-state index is -1.22. The number of aliphatic hydroxyl groups is 1. The molecule has 1 spiro atoms. The maximum Gasteiger partial charge on any atom is 0.313 e. The van der Waals surface area contributed by atoms with Crippen LogP contribution in [0.3, 0.4) is 0 Å². The predicted molar refractivity (Wildman–Crippen MR) is 162 cm³/mol. The molecule has 0 aliphatic carbocycles. The largest absolute Gasteiger partial charge is 0.461 e. The second-order valence-electron chi connectivity index (χ2n) is 11.9. The lowest BCUT2D eigenvalue weighted by Crippen LogP contribution is -2.60. The third-order valence-electron chi connectivity index (χ3n) is 9.92. The SMILES string of the molecule is C=CCOC(=O)[C@H]1[C@H]2C(=O)N([C@@H](CO)[C@@H](C)CC)C(C(=O)N(CC=C)c3ccc4ccccc4c3)C23CC[C@]1(CC)O3. The first kappa shape index (κ1) is 30.0. The van der Waals surface area contributed by atoms with Gasteiger partial charge in [0.2, 0.25) is 5.91 Å². The zero-order valence-corrected chi connectivity index (χ0v) is 24.8. The summed E-state index contributed by atoms with van der Waals surface area (Å²) < 4.78 is 12.4. The summed E-state index contributed by atoms with van der Waals surface area (Å²) in [6, 6.07) is 12.1. The minimum absolute atomic E-state index is 0.0241. The summed E-state index contributed by atoms with van der Waals surface area (Å²) in [7, 11) is 0. The first-order valence-electron chi connectivity index (χ1n) is 15.0. The number of carbonyl (C=O) groups excluding carboxylic acids is 3. The zero-order chi connectivity index (χ0) is 30.2. The van der Waals surface area contributed by atoms with Gasteiger partial charge in [0, 0.05) is 12.2 Å². The van der Waals surface area contributed by atoms with Crippen molar-refractivity contribution in [2.75, 3.05) is 24.7 Å². The molecule has 3 fully saturated rings. The first-order valence-corrected chi connectivity index (χ1v) is 15.0. The van der Waals surface area contributed by atoms with Crippen molar-refractivity contribution < 1.29 is 29.0 Å². The maximum absolute atomic E-state index is 14.9. The quantitative estimate of drug-likeness (QED) is 0.293. The van der Waals surface area contributed by atoms with E-state index in [1.807, 2.05) is 63.2 Å². The lowest BCUT2D eigenvalue weighted by molar-refractivity contribution is -0.161. The number of likely N-dealkylation sites (tertiary alicyclic amines) is 1. The molecule has 2 aromatic carbocycles. The van der Waals surface area contributed by atoms with Gasteiger partial charge in [-0.3, -0.25) is 14.4 Å². The lowest BCUT2D eigenvalue weighted by Gasteiger charge is -2.41. The number of ether oxygens (including phenoxy) is 2. The molecule has 3 heterocycles. The summed E-state index contributed by atoms with van der Waals surface area (Å²) in [6.07, 6.45) is 5.34. The molecule has 8 nitrogen and oxygen atoms in total. The molecule has 3 aliphatic rings. The number of nitrogens with zero attached hydrogens (tertiary/aromatic N) is 2. The van der Waals surface area contributed by atoms with Crippen LogP contribution in [0.25, 0.3) is 10.8 Å². The van der Waals surface area contributed by atoms with Crippen LogP contribution in [0.1, 0.15) is 46.5 Å². The lowest BCUT2D eigenvalue weighted by atomic mass is 9.65. The van der Waals surface area contributed by atoms with Crippen LogP contribution in [0.5, 0.6) is 0 Å². The van der Waals surface area contributed by atoms with Gasteiger partial charge in [-0.25, -0.2) is 0 Å². The van der Waals surface area contributed by atoms with Crippen molar-refractivity contribution in [3.63, 3.8) is 0 Å². The predicted octanol–water partition coefficient (Wildman–Crippen LogP) is 4.65. The van der Waals surface area contributed by atoms with E-state index in [2.05, 4.69) is 13.2 Å². The number of carbonyl (C=O) groups is 3. The van der Waals surface area contributed by atoms with Crippen LogP contribution in [-0.2, 0) is 23.9 Å². The van der Waals surface area contributed by atoms with E-state index in [-0.39, 0.29) is 37.5 Å². The number of amides is 2. The number of aliphatic hydroxyl groups excluding tert-OH is 1. The molecule has 8 heteroatoms. The molecule has 0 saturated carbocycles. The highest BCUT2D eigenvalue weighted by molar-refractivity contribution is 6.05. The Balaban J connectivity index is 1.65. The molecular formula is C34H42N2O6. The van der Waals surface area contributed by atoms with E-state index in [0.717, 1.165) is 10.8 Å². The van der Waals surface area contributed by atoms with Crippen LogP contribution in [0.4, 0.5) is 5.69 Å². The van der Waals surface area contributed by atoms with Gasteiger partial charge in [-0.15, -0.1) is 6.58 Å². The van der Waals surface area contributed by atoms with Crippen molar-refractivity contribution in [2.24, 2.45) is 17.8 Å². The molecule has 5 rings (SSSR count). The van der Waals surface area contributed by atoms with Crippen LogP contribution in [0.15, 0.2) is 67.8 Å². The van der Waals surface area contributed by atoms with Crippen molar-refractivity contribution in [3.05, 3.63) is 67.8 Å². The van der Waals surface area contributed by atoms with E-state index in [9.17, 15) is 19.5 Å². The molecule has 224 valence electrons. The van der Waals surface area contributed by atoms with Gasteiger partial charge in [0.1, 0.15) is 24.2 Å². The van der Waals surface area contributed by atoms with Gasteiger partial charge in [-0.2, -0.15) is 0 Å². The molecule has 2 aromatic rings. The second kappa shape index (κ2) is 11.7. The van der Waals surface area contributed by atoms with Gasteiger partial charge in [0.15, 0.2) is 0 Å². The smallest absolute Gasteiger partial charge is 0.313 e. The van der Waals surface area contributed by atoms with Crippen molar-refractivity contribution in [3.8, 4) is 0 Å². The van der Waals surface area contributed by atoms with E-state index in [0.29, 0.717) is 31.4 Å². The molecule has 1 N–H and O–H groups in total. The number of esters is 1. The van der Waals surface area contributed by atoms with E-state index in [1.165, 1.54) is 6.08 Å². The Morgan fingerprint density at radius 1 is 1.17 bits per heavy atom. The summed E-state index contributed by atoms with van der Waals surface area (Å²) >= 11 is 0. The summed E-state index contributed by atoms with van der Waals surface area (Å²) in [5, 5.41) is 12.6. The molecule has 2 unspecified atom stereocenters. The van der Waals surface area contributed by atoms with Gasteiger partial charge in [0.05, 0.1) is 24.2 Å². The third kappa shape index (κ3) is 4.47. The Morgan fingerprint density at radius 3 is 2.55 bits per heavy atom. The van der Waals surface area contributed by atoms with Crippen LogP contribution in [0, 0.1) is 17.8 Å². The second-order valence-corrected chi connectivity index (χ2v) is 11.9. The van der Waals surface area contributed by atoms with Crippen molar-refractivity contribution in [1.29, 1.82) is 0 Å². The molecular weight excluding hydrogens is 532 g/mol. The standard InChI is InChI=1S/C34H42N2O6/c1-6-18-35(25-15-14-23-12-10-11-13-24(23)20-25)31(39)29-34-17-16-33(9-4,42-34)28(32(40)41-19-7-2)27(34)30(38)36(29)26(21-37)22(5)8-3/h6-7,10-15,20,22,26-29,37H,1-2,8-9,16-19,21H2,3-5H3/t22-,26-,27-,28+,29?,33-,34?/m0/s1. The van der Waals surface area contributed by atoms with Gasteiger partial charge >= 0.3 is 5.97 Å². The third-order valence-corrected chi connectivity index (χ3v) is 9.92. The molecule has 3 aliphatic heterocycles. The minimum Gasteiger partial charge on any atom is -0.461 e. The highest BCUT2D eigenvalue weighted by Gasteiger charge is 2.79. The Bertz CT molecular complexity index is 1390. The number of hydrogen-bond acceptors (Lipinski definition) is 6. The number of rotatable bonds is 12. The van der Waals surface area contributed by atoms with E-state index in [4.69, 9.17) is 9.47 Å².